The van der Waals surface area contributed by atoms with Crippen LogP contribution in [0.2, 0.25) is 0 Å². The number of nitrogens with zero attached hydrogens (tertiary/aromatic N) is 3. The maximum atomic E-state index is 12.7. The molecule has 0 unspecified atom stereocenters. The van der Waals surface area contributed by atoms with E-state index in [2.05, 4.69) is 11.1 Å². The lowest BCUT2D eigenvalue weighted by Crippen LogP contribution is -2.01. The Morgan fingerprint density at radius 3 is 2.76 bits per heavy atom. The number of rotatable bonds is 4. The van der Waals surface area contributed by atoms with Gasteiger partial charge in [-0.25, -0.2) is 9.78 Å². The molecule has 0 bridgehead atoms. The first-order valence-corrected chi connectivity index (χ1v) is 10.6. The molecule has 0 spiro atoms. The number of hydrogen-bond donors (Lipinski definition) is 0. The molecule has 0 saturated carbocycles. The lowest BCUT2D eigenvalue weighted by Gasteiger charge is -2.04. The maximum absolute atomic E-state index is 12.7. The first kappa shape index (κ1) is 20.3. The highest BCUT2D eigenvalue weighted by Crippen LogP contribution is 2.32. The van der Waals surface area contributed by atoms with Gasteiger partial charge in [0.2, 0.25) is 0 Å². The molecule has 158 valence electrons. The van der Waals surface area contributed by atoms with Crippen LogP contribution in [0.3, 0.4) is 0 Å². The van der Waals surface area contributed by atoms with Gasteiger partial charge in [-0.15, -0.1) is 11.3 Å². The number of non-ortho nitro benzene ring substituents is 1. The van der Waals surface area contributed by atoms with Crippen molar-refractivity contribution in [1.29, 1.82) is 5.26 Å². The predicted octanol–water partition coefficient (Wildman–Crippen LogP) is 6.04. The van der Waals surface area contributed by atoms with E-state index in [1.807, 2.05) is 30.3 Å². The van der Waals surface area contributed by atoms with Crippen molar-refractivity contribution < 1.29 is 9.34 Å². The van der Waals surface area contributed by atoms with Crippen molar-refractivity contribution in [3.8, 4) is 16.5 Å². The molecule has 0 aliphatic heterocycles. The summed E-state index contributed by atoms with van der Waals surface area (Å²) in [7, 11) is 0. The fraction of sp³-hybridized carbons (Fsp3) is 0. The van der Waals surface area contributed by atoms with Gasteiger partial charge in [0.1, 0.15) is 16.7 Å². The average molecular weight is 451 g/mol. The largest absolute Gasteiger partial charge is 0.422 e. The van der Waals surface area contributed by atoms with Gasteiger partial charge in [0.15, 0.2) is 0 Å². The quantitative estimate of drug-likeness (QED) is 0.108. The number of nitro benzene ring substituents is 1. The smallest absolute Gasteiger partial charge is 0.345 e. The normalized spacial score (nSPS) is 11.5. The minimum atomic E-state index is -0.492. The SMILES string of the molecule is N#C/C(=C\c1cccc([N+](=O)[O-])c1)c1ncc(-c2cc3c(ccc4ccccc43)oc2=O)s1. The molecule has 0 saturated heterocycles. The summed E-state index contributed by atoms with van der Waals surface area (Å²) in [4.78, 5) is 28.1. The number of hydrogen-bond acceptors (Lipinski definition) is 7. The number of thiazole rings is 1. The van der Waals surface area contributed by atoms with Crippen molar-refractivity contribution in [2.75, 3.05) is 0 Å². The third-order valence-electron chi connectivity index (χ3n) is 5.16. The van der Waals surface area contributed by atoms with Crippen LogP contribution in [0.25, 0.3) is 43.8 Å². The monoisotopic (exact) mass is 451 g/mol. The van der Waals surface area contributed by atoms with E-state index in [-0.39, 0.29) is 11.3 Å². The molecule has 33 heavy (non-hydrogen) atoms. The zero-order valence-corrected chi connectivity index (χ0v) is 17.7. The Balaban J connectivity index is 1.59. The molecule has 0 aliphatic rings. The van der Waals surface area contributed by atoms with Crippen LogP contribution in [0.5, 0.6) is 0 Å². The highest BCUT2D eigenvalue weighted by atomic mass is 32.1. The van der Waals surface area contributed by atoms with Crippen molar-refractivity contribution in [1.82, 2.24) is 4.98 Å². The average Bonchev–Trinajstić information content (AvgIpc) is 3.32. The van der Waals surface area contributed by atoms with Gasteiger partial charge in [0.25, 0.3) is 5.69 Å². The van der Waals surface area contributed by atoms with Crippen molar-refractivity contribution in [3.05, 3.63) is 104 Å². The number of nitro groups is 1. The Hall–Kier alpha value is -4.61. The van der Waals surface area contributed by atoms with Gasteiger partial charge in [-0.2, -0.15) is 5.26 Å². The second-order valence-electron chi connectivity index (χ2n) is 7.20. The highest BCUT2D eigenvalue weighted by molar-refractivity contribution is 7.16. The van der Waals surface area contributed by atoms with E-state index in [1.165, 1.54) is 35.7 Å². The lowest BCUT2D eigenvalue weighted by atomic mass is 10.0. The lowest BCUT2D eigenvalue weighted by molar-refractivity contribution is -0.384. The van der Waals surface area contributed by atoms with Crippen LogP contribution in [0, 0.1) is 21.4 Å². The highest BCUT2D eigenvalue weighted by Gasteiger charge is 2.15. The van der Waals surface area contributed by atoms with E-state index < -0.39 is 10.5 Å². The summed E-state index contributed by atoms with van der Waals surface area (Å²) in [5.74, 6) is 0. The Morgan fingerprint density at radius 1 is 1.09 bits per heavy atom. The molecular formula is C25H13N3O4S. The summed E-state index contributed by atoms with van der Waals surface area (Å²) in [5.41, 5.74) is 1.04. The van der Waals surface area contributed by atoms with E-state index in [0.717, 1.165) is 16.2 Å². The Labute approximate surface area is 190 Å². The predicted molar refractivity (Wildman–Crippen MR) is 128 cm³/mol. The summed E-state index contributed by atoms with van der Waals surface area (Å²) >= 11 is 1.18. The molecule has 3 aromatic carbocycles. The second-order valence-corrected chi connectivity index (χ2v) is 8.23. The van der Waals surface area contributed by atoms with E-state index in [4.69, 9.17) is 4.42 Å². The first-order chi connectivity index (χ1) is 16.0. The molecular weight excluding hydrogens is 438 g/mol. The summed E-state index contributed by atoms with van der Waals surface area (Å²) in [6, 6.07) is 21.4. The van der Waals surface area contributed by atoms with Crippen molar-refractivity contribution in [2.24, 2.45) is 0 Å². The van der Waals surface area contributed by atoms with E-state index in [9.17, 15) is 20.2 Å². The van der Waals surface area contributed by atoms with Gasteiger partial charge >= 0.3 is 5.63 Å². The second kappa shape index (κ2) is 8.15. The van der Waals surface area contributed by atoms with Crippen molar-refractivity contribution in [3.63, 3.8) is 0 Å². The van der Waals surface area contributed by atoms with Crippen LogP contribution in [-0.4, -0.2) is 9.91 Å². The summed E-state index contributed by atoms with van der Waals surface area (Å²) in [5, 5.41) is 23.9. The van der Waals surface area contributed by atoms with Gasteiger partial charge in [-0.05, 0) is 34.5 Å². The van der Waals surface area contributed by atoms with Crippen LogP contribution in [0.1, 0.15) is 10.6 Å². The van der Waals surface area contributed by atoms with E-state index in [1.54, 1.807) is 24.3 Å². The number of aromatic nitrogens is 1. The molecule has 0 N–H and O–H groups in total. The fourth-order valence-electron chi connectivity index (χ4n) is 3.60. The Kier molecular flexibility index (Phi) is 5.01. The zero-order chi connectivity index (χ0) is 22.9. The number of nitriles is 1. The molecule has 5 aromatic rings. The van der Waals surface area contributed by atoms with Gasteiger partial charge in [-0.3, -0.25) is 10.1 Å². The third kappa shape index (κ3) is 3.78. The van der Waals surface area contributed by atoms with Gasteiger partial charge in [0.05, 0.1) is 20.9 Å². The maximum Gasteiger partial charge on any atom is 0.345 e. The summed E-state index contributed by atoms with van der Waals surface area (Å²) in [6.45, 7) is 0. The molecule has 0 amide bonds. The topological polar surface area (TPSA) is 110 Å². The molecule has 0 atom stereocenters. The van der Waals surface area contributed by atoms with Gasteiger partial charge in [-0.1, -0.05) is 42.5 Å². The molecule has 0 fully saturated rings. The Bertz CT molecular complexity index is 1690. The van der Waals surface area contributed by atoms with Crippen LogP contribution in [-0.2, 0) is 0 Å². The summed E-state index contributed by atoms with van der Waals surface area (Å²) < 4.78 is 5.56. The van der Waals surface area contributed by atoms with Crippen LogP contribution < -0.4 is 5.63 Å². The number of benzene rings is 3. The minimum absolute atomic E-state index is 0.0677. The Morgan fingerprint density at radius 2 is 1.94 bits per heavy atom. The molecule has 2 aromatic heterocycles. The number of fused-ring (bicyclic) bond motifs is 3. The van der Waals surface area contributed by atoms with Crippen LogP contribution in [0.15, 0.2) is 82.1 Å². The van der Waals surface area contributed by atoms with Gasteiger partial charge < -0.3 is 4.42 Å². The number of allylic oxidation sites excluding steroid dienone is 1. The zero-order valence-electron chi connectivity index (χ0n) is 16.9. The fourth-order valence-corrected chi connectivity index (χ4v) is 4.49. The standard InChI is InChI=1S/C25H13N3O4S/c26-13-17(10-15-4-3-6-18(11-15)28(30)31)24-27-14-23(33-24)21-12-20-19-7-2-1-5-16(19)8-9-22(20)32-25(21)29/h1-12,14H/b17-10+. The third-order valence-corrected chi connectivity index (χ3v) is 6.22. The van der Waals surface area contributed by atoms with E-state index >= 15 is 0 Å². The van der Waals surface area contributed by atoms with Crippen LogP contribution in [0.4, 0.5) is 5.69 Å². The van der Waals surface area contributed by atoms with Crippen molar-refractivity contribution in [2.45, 2.75) is 0 Å². The molecule has 2 heterocycles. The first-order valence-electron chi connectivity index (χ1n) is 9.82. The molecule has 5 rings (SSSR count). The van der Waals surface area contributed by atoms with Gasteiger partial charge in [0, 0.05) is 23.7 Å². The summed E-state index contributed by atoms with van der Waals surface area (Å²) in [6.07, 6.45) is 3.06. The van der Waals surface area contributed by atoms with E-state index in [0.29, 0.717) is 26.6 Å². The molecule has 7 nitrogen and oxygen atoms in total. The van der Waals surface area contributed by atoms with Crippen LogP contribution >= 0.6 is 11.3 Å². The minimum Gasteiger partial charge on any atom is -0.422 e. The van der Waals surface area contributed by atoms with Crippen molar-refractivity contribution >= 4 is 50.4 Å². The molecule has 8 heteroatoms. The molecule has 0 radical (unpaired) electrons. The molecule has 0 aliphatic carbocycles.